The smallest absolute Gasteiger partial charge is 0.308 e. The van der Waals surface area contributed by atoms with Crippen molar-refractivity contribution in [2.45, 2.75) is 32.6 Å². The zero-order valence-electron chi connectivity index (χ0n) is 12.7. The van der Waals surface area contributed by atoms with Gasteiger partial charge in [-0.2, -0.15) is 0 Å². The Hall–Kier alpha value is -1.88. The minimum absolute atomic E-state index is 0.0364. The van der Waals surface area contributed by atoms with Gasteiger partial charge in [-0.3, -0.25) is 4.79 Å². The topological polar surface area (TPSA) is 53.4 Å². The van der Waals surface area contributed by atoms with Crippen LogP contribution in [0.5, 0.6) is 0 Å². The van der Waals surface area contributed by atoms with Crippen LogP contribution in [0.25, 0.3) is 11.3 Å². The summed E-state index contributed by atoms with van der Waals surface area (Å²) in [5, 5.41) is 10.1. The van der Waals surface area contributed by atoms with Gasteiger partial charge in [0.2, 0.25) is 0 Å². The van der Waals surface area contributed by atoms with Crippen molar-refractivity contribution >= 4 is 22.4 Å². The first-order chi connectivity index (χ1) is 10.6. The highest BCUT2D eigenvalue weighted by Crippen LogP contribution is 2.34. The van der Waals surface area contributed by atoms with E-state index in [1.807, 2.05) is 31.2 Å². The Morgan fingerprint density at radius 2 is 1.91 bits per heavy atom. The fourth-order valence-corrected chi connectivity index (χ4v) is 3.88. The van der Waals surface area contributed by atoms with Crippen LogP contribution in [-0.2, 0) is 11.2 Å². The van der Waals surface area contributed by atoms with Crippen LogP contribution in [0.4, 0.5) is 5.13 Å². The van der Waals surface area contributed by atoms with Gasteiger partial charge in [0.25, 0.3) is 0 Å². The summed E-state index contributed by atoms with van der Waals surface area (Å²) in [6.07, 6.45) is 3.69. The van der Waals surface area contributed by atoms with Gasteiger partial charge < -0.3 is 10.0 Å². The summed E-state index contributed by atoms with van der Waals surface area (Å²) in [7, 11) is 0. The van der Waals surface area contributed by atoms with Crippen LogP contribution in [0.1, 0.15) is 29.7 Å². The number of anilines is 1. The summed E-state index contributed by atoms with van der Waals surface area (Å²) >= 11 is 1.53. The molecule has 0 saturated carbocycles. The highest BCUT2D eigenvalue weighted by atomic mass is 32.1. The Labute approximate surface area is 134 Å². The monoisotopic (exact) mass is 316 g/mol. The van der Waals surface area contributed by atoms with Gasteiger partial charge in [0.15, 0.2) is 5.13 Å². The van der Waals surface area contributed by atoms with E-state index in [1.165, 1.54) is 36.2 Å². The predicted octanol–water partition coefficient (Wildman–Crippen LogP) is 3.74. The molecular weight excluding hydrogens is 296 g/mol. The molecule has 4 nitrogen and oxygen atoms in total. The van der Waals surface area contributed by atoms with Gasteiger partial charge in [0.05, 0.1) is 12.1 Å². The maximum atomic E-state index is 11.2. The largest absolute Gasteiger partial charge is 0.481 e. The number of hydrogen-bond donors (Lipinski definition) is 1. The molecule has 0 spiro atoms. The molecule has 1 aliphatic heterocycles. The maximum absolute atomic E-state index is 11.2. The van der Waals surface area contributed by atoms with Gasteiger partial charge in [-0.1, -0.05) is 29.8 Å². The number of hydrogen-bond acceptors (Lipinski definition) is 4. The second-order valence-electron chi connectivity index (χ2n) is 5.75. The number of nitrogens with zero attached hydrogens (tertiary/aromatic N) is 2. The first-order valence-corrected chi connectivity index (χ1v) is 8.48. The van der Waals surface area contributed by atoms with E-state index < -0.39 is 5.97 Å². The molecule has 3 rings (SSSR count). The summed E-state index contributed by atoms with van der Waals surface area (Å²) in [6.45, 7) is 4.09. The lowest BCUT2D eigenvalue weighted by Gasteiger charge is -2.25. The van der Waals surface area contributed by atoms with Crippen molar-refractivity contribution in [1.82, 2.24) is 4.98 Å². The predicted molar refractivity (Wildman–Crippen MR) is 89.7 cm³/mol. The lowest BCUT2D eigenvalue weighted by molar-refractivity contribution is -0.136. The molecule has 0 unspecified atom stereocenters. The van der Waals surface area contributed by atoms with Crippen molar-refractivity contribution in [2.75, 3.05) is 18.0 Å². The zero-order chi connectivity index (χ0) is 15.5. The Morgan fingerprint density at radius 1 is 1.23 bits per heavy atom. The molecule has 1 saturated heterocycles. The lowest BCUT2D eigenvalue weighted by atomic mass is 10.1. The molecule has 0 radical (unpaired) electrons. The third-order valence-electron chi connectivity index (χ3n) is 3.95. The number of piperidine rings is 1. The van der Waals surface area contributed by atoms with Crippen LogP contribution in [0, 0.1) is 6.92 Å². The number of benzene rings is 1. The highest BCUT2D eigenvalue weighted by molar-refractivity contribution is 7.16. The third-order valence-corrected chi connectivity index (χ3v) is 5.07. The van der Waals surface area contributed by atoms with Crippen molar-refractivity contribution in [2.24, 2.45) is 0 Å². The third kappa shape index (κ3) is 3.30. The molecule has 1 aromatic heterocycles. The Morgan fingerprint density at radius 3 is 2.55 bits per heavy atom. The molecule has 2 aromatic rings. The van der Waals surface area contributed by atoms with E-state index in [9.17, 15) is 4.79 Å². The van der Waals surface area contributed by atoms with Gasteiger partial charge in [-0.25, -0.2) is 4.98 Å². The Balaban J connectivity index is 1.96. The minimum Gasteiger partial charge on any atom is -0.481 e. The number of rotatable bonds is 4. The van der Waals surface area contributed by atoms with Crippen molar-refractivity contribution in [3.63, 3.8) is 0 Å². The van der Waals surface area contributed by atoms with Crippen molar-refractivity contribution in [1.29, 1.82) is 0 Å². The SMILES string of the molecule is Cc1ccc(-c2nc(N3CCCCC3)sc2CC(=O)O)cc1. The zero-order valence-corrected chi connectivity index (χ0v) is 13.5. The fraction of sp³-hybridized carbons (Fsp3) is 0.412. The number of aliphatic carboxylic acids is 1. The van der Waals surface area contributed by atoms with E-state index in [0.717, 1.165) is 34.4 Å². The molecule has 22 heavy (non-hydrogen) atoms. The highest BCUT2D eigenvalue weighted by Gasteiger charge is 2.20. The Bertz CT molecular complexity index is 658. The van der Waals surface area contributed by atoms with E-state index in [0.29, 0.717) is 0 Å². The molecule has 0 atom stereocenters. The van der Waals surface area contributed by atoms with Gasteiger partial charge in [-0.05, 0) is 26.2 Å². The quantitative estimate of drug-likeness (QED) is 0.933. The standard InChI is InChI=1S/C17H20N2O2S/c1-12-5-7-13(8-6-12)16-14(11-15(20)21)22-17(18-16)19-9-3-2-4-10-19/h5-8H,2-4,9-11H2,1H3,(H,20,21). The number of carboxylic acids is 1. The van der Waals surface area contributed by atoms with Gasteiger partial charge in [-0.15, -0.1) is 11.3 Å². The number of carboxylic acid groups (broad SMARTS) is 1. The van der Waals surface area contributed by atoms with Crippen LogP contribution in [0.2, 0.25) is 0 Å². The van der Waals surface area contributed by atoms with Crippen LogP contribution in [0.15, 0.2) is 24.3 Å². The van der Waals surface area contributed by atoms with Crippen LogP contribution >= 0.6 is 11.3 Å². The number of aromatic nitrogens is 1. The first kappa shape index (κ1) is 15.0. The lowest BCUT2D eigenvalue weighted by Crippen LogP contribution is -2.29. The van der Waals surface area contributed by atoms with Gasteiger partial charge >= 0.3 is 5.97 Å². The van der Waals surface area contributed by atoms with Crippen molar-refractivity contribution < 1.29 is 9.90 Å². The molecule has 1 N–H and O–H groups in total. The normalized spacial score (nSPS) is 15.0. The summed E-state index contributed by atoms with van der Waals surface area (Å²) in [5.74, 6) is -0.804. The molecule has 116 valence electrons. The molecule has 2 heterocycles. The van der Waals surface area contributed by atoms with Gasteiger partial charge in [0.1, 0.15) is 0 Å². The van der Waals surface area contributed by atoms with E-state index in [-0.39, 0.29) is 6.42 Å². The molecule has 0 amide bonds. The Kier molecular flexibility index (Phi) is 4.43. The molecule has 1 fully saturated rings. The second-order valence-corrected chi connectivity index (χ2v) is 6.81. The van der Waals surface area contributed by atoms with Crippen molar-refractivity contribution in [3.8, 4) is 11.3 Å². The average molecular weight is 316 g/mol. The summed E-state index contributed by atoms with van der Waals surface area (Å²) in [5.41, 5.74) is 3.02. The van der Waals surface area contributed by atoms with Crippen molar-refractivity contribution in [3.05, 3.63) is 34.7 Å². The van der Waals surface area contributed by atoms with E-state index >= 15 is 0 Å². The first-order valence-electron chi connectivity index (χ1n) is 7.67. The molecule has 1 aliphatic rings. The maximum Gasteiger partial charge on any atom is 0.308 e. The van der Waals surface area contributed by atoms with Crippen LogP contribution < -0.4 is 4.90 Å². The average Bonchev–Trinajstić information content (AvgIpc) is 2.92. The van der Waals surface area contributed by atoms with Crippen LogP contribution in [0.3, 0.4) is 0 Å². The molecule has 5 heteroatoms. The van der Waals surface area contributed by atoms with E-state index in [2.05, 4.69) is 4.90 Å². The fourth-order valence-electron chi connectivity index (χ4n) is 2.75. The summed E-state index contributed by atoms with van der Waals surface area (Å²) in [6, 6.07) is 8.13. The molecular formula is C17H20N2O2S. The number of aryl methyl sites for hydroxylation is 1. The number of carbonyl (C=O) groups is 1. The molecule has 1 aromatic carbocycles. The summed E-state index contributed by atoms with van der Waals surface area (Å²) < 4.78 is 0. The van der Waals surface area contributed by atoms with Gasteiger partial charge in [0, 0.05) is 23.5 Å². The number of thiazole rings is 1. The minimum atomic E-state index is -0.804. The van der Waals surface area contributed by atoms with E-state index in [4.69, 9.17) is 10.1 Å². The summed E-state index contributed by atoms with van der Waals surface area (Å²) in [4.78, 5) is 19.1. The second kappa shape index (κ2) is 6.48. The molecule has 0 aliphatic carbocycles. The van der Waals surface area contributed by atoms with Crippen LogP contribution in [-0.4, -0.2) is 29.1 Å². The molecule has 0 bridgehead atoms. The van der Waals surface area contributed by atoms with E-state index in [1.54, 1.807) is 0 Å².